The van der Waals surface area contributed by atoms with Gasteiger partial charge in [0.1, 0.15) is 0 Å². The van der Waals surface area contributed by atoms with E-state index in [9.17, 15) is 0 Å². The summed E-state index contributed by atoms with van der Waals surface area (Å²) in [4.78, 5) is 5.65. The van der Waals surface area contributed by atoms with Crippen molar-refractivity contribution in [1.29, 1.82) is 0 Å². The lowest BCUT2D eigenvalue weighted by molar-refractivity contribution is 0.864. The number of aromatic nitrogens is 1. The van der Waals surface area contributed by atoms with E-state index in [-0.39, 0.29) is 6.04 Å². The number of hydrogen-bond donors (Lipinski definition) is 1. The Balaban J connectivity index is 2.49. The Hall–Kier alpha value is -1.19. The van der Waals surface area contributed by atoms with Gasteiger partial charge in [0.2, 0.25) is 0 Å². The summed E-state index contributed by atoms with van der Waals surface area (Å²) in [6.45, 7) is 10.5. The summed E-state index contributed by atoms with van der Waals surface area (Å²) >= 11 is 1.70. The van der Waals surface area contributed by atoms with Gasteiger partial charge in [0.25, 0.3) is 0 Å². The van der Waals surface area contributed by atoms with E-state index in [1.165, 1.54) is 27.1 Å². The van der Waals surface area contributed by atoms with Crippen LogP contribution in [0.15, 0.2) is 12.1 Å². The topological polar surface area (TPSA) is 38.9 Å². The molecule has 3 heteroatoms. The van der Waals surface area contributed by atoms with Crippen molar-refractivity contribution in [3.05, 3.63) is 50.0 Å². The summed E-state index contributed by atoms with van der Waals surface area (Å²) in [5.41, 5.74) is 12.6. The van der Waals surface area contributed by atoms with Gasteiger partial charge in [-0.25, -0.2) is 4.98 Å². The maximum absolute atomic E-state index is 6.42. The number of nitrogens with two attached hydrogens (primary N) is 1. The number of thiazole rings is 1. The maximum atomic E-state index is 6.42. The van der Waals surface area contributed by atoms with Gasteiger partial charge in [0.15, 0.2) is 0 Å². The van der Waals surface area contributed by atoms with Crippen molar-refractivity contribution in [2.24, 2.45) is 5.73 Å². The first-order chi connectivity index (χ1) is 8.40. The van der Waals surface area contributed by atoms with Crippen molar-refractivity contribution >= 4 is 11.3 Å². The van der Waals surface area contributed by atoms with Crippen LogP contribution in [0.3, 0.4) is 0 Å². The summed E-state index contributed by atoms with van der Waals surface area (Å²) in [7, 11) is 0. The second-order valence-corrected chi connectivity index (χ2v) is 6.19. The smallest absolute Gasteiger partial charge is 0.0900 e. The van der Waals surface area contributed by atoms with Gasteiger partial charge in [-0.3, -0.25) is 0 Å². The zero-order valence-electron chi connectivity index (χ0n) is 11.7. The third-order valence-electron chi connectivity index (χ3n) is 3.44. The minimum atomic E-state index is -0.0597. The zero-order chi connectivity index (χ0) is 13.4. The minimum absolute atomic E-state index is 0.0597. The van der Waals surface area contributed by atoms with Crippen molar-refractivity contribution in [2.75, 3.05) is 0 Å². The van der Waals surface area contributed by atoms with Crippen LogP contribution in [-0.4, -0.2) is 4.98 Å². The molecular formula is C15H20N2S. The molecule has 0 aliphatic heterocycles. The number of nitrogens with zero attached hydrogens (tertiary/aromatic N) is 1. The molecule has 0 saturated heterocycles. The molecule has 1 heterocycles. The van der Waals surface area contributed by atoms with Crippen LogP contribution < -0.4 is 5.73 Å². The molecule has 0 bridgehead atoms. The summed E-state index contributed by atoms with van der Waals surface area (Å²) in [5.74, 6) is 0. The van der Waals surface area contributed by atoms with Gasteiger partial charge in [0, 0.05) is 4.88 Å². The lowest BCUT2D eigenvalue weighted by Gasteiger charge is -2.16. The maximum Gasteiger partial charge on any atom is 0.0900 e. The van der Waals surface area contributed by atoms with Crippen molar-refractivity contribution in [2.45, 2.75) is 40.7 Å². The van der Waals surface area contributed by atoms with Crippen LogP contribution in [0, 0.1) is 34.6 Å². The highest BCUT2D eigenvalue weighted by molar-refractivity contribution is 7.11. The first kappa shape index (κ1) is 13.2. The molecule has 0 saturated carbocycles. The summed E-state index contributed by atoms with van der Waals surface area (Å²) in [6.07, 6.45) is 0. The van der Waals surface area contributed by atoms with E-state index in [1.807, 2.05) is 13.8 Å². The van der Waals surface area contributed by atoms with E-state index < -0.39 is 0 Å². The van der Waals surface area contributed by atoms with E-state index in [2.05, 4.69) is 37.9 Å². The predicted molar refractivity (Wildman–Crippen MR) is 78.3 cm³/mol. The second kappa shape index (κ2) is 4.82. The number of hydrogen-bond acceptors (Lipinski definition) is 3. The van der Waals surface area contributed by atoms with E-state index in [0.717, 1.165) is 10.7 Å². The first-order valence-electron chi connectivity index (χ1n) is 6.17. The highest BCUT2D eigenvalue weighted by Crippen LogP contribution is 2.30. The molecule has 0 amide bonds. The summed E-state index contributed by atoms with van der Waals surface area (Å²) in [6, 6.07) is 4.37. The lowest BCUT2D eigenvalue weighted by atomic mass is 9.95. The summed E-state index contributed by atoms with van der Waals surface area (Å²) in [5, 5.41) is 1.08. The van der Waals surface area contributed by atoms with Crippen LogP contribution in [0.5, 0.6) is 0 Å². The van der Waals surface area contributed by atoms with Gasteiger partial charge in [-0.1, -0.05) is 12.1 Å². The molecule has 2 nitrogen and oxygen atoms in total. The Morgan fingerprint density at radius 1 is 1.00 bits per heavy atom. The fourth-order valence-electron chi connectivity index (χ4n) is 2.29. The average Bonchev–Trinajstić information content (AvgIpc) is 2.62. The van der Waals surface area contributed by atoms with Gasteiger partial charge in [0.05, 0.1) is 16.7 Å². The SMILES string of the molecule is Cc1nc(C)c(C(N)c2cc(C)c(C)cc2C)s1. The molecule has 2 aromatic rings. The van der Waals surface area contributed by atoms with Crippen LogP contribution in [0.4, 0.5) is 0 Å². The largest absolute Gasteiger partial charge is 0.320 e. The number of benzene rings is 1. The van der Waals surface area contributed by atoms with Gasteiger partial charge in [-0.05, 0) is 56.9 Å². The molecule has 2 rings (SSSR count). The minimum Gasteiger partial charge on any atom is -0.320 e. The number of rotatable bonds is 2. The molecule has 1 aromatic heterocycles. The van der Waals surface area contributed by atoms with E-state index in [1.54, 1.807) is 11.3 Å². The standard InChI is InChI=1S/C15H20N2S/c1-8-6-10(3)13(7-9(8)2)14(16)15-11(4)17-12(5)18-15/h6-7,14H,16H2,1-5H3. The highest BCUT2D eigenvalue weighted by Gasteiger charge is 2.17. The van der Waals surface area contributed by atoms with Crippen LogP contribution in [-0.2, 0) is 0 Å². The van der Waals surface area contributed by atoms with Crippen molar-refractivity contribution in [1.82, 2.24) is 4.98 Å². The molecule has 1 atom stereocenters. The average molecular weight is 260 g/mol. The van der Waals surface area contributed by atoms with Gasteiger partial charge < -0.3 is 5.73 Å². The Kier molecular flexibility index (Phi) is 3.55. The molecule has 96 valence electrons. The monoisotopic (exact) mass is 260 g/mol. The van der Waals surface area contributed by atoms with Crippen LogP contribution in [0.25, 0.3) is 0 Å². The number of aryl methyl sites for hydroxylation is 5. The molecule has 2 N–H and O–H groups in total. The van der Waals surface area contributed by atoms with E-state index >= 15 is 0 Å². The van der Waals surface area contributed by atoms with Crippen molar-refractivity contribution in [3.63, 3.8) is 0 Å². The molecule has 0 radical (unpaired) electrons. The highest BCUT2D eigenvalue weighted by atomic mass is 32.1. The predicted octanol–water partition coefficient (Wildman–Crippen LogP) is 3.73. The van der Waals surface area contributed by atoms with E-state index in [0.29, 0.717) is 0 Å². The second-order valence-electron chi connectivity index (χ2n) is 4.95. The van der Waals surface area contributed by atoms with Gasteiger partial charge in [-0.15, -0.1) is 11.3 Å². The third-order valence-corrected chi connectivity index (χ3v) is 4.60. The normalized spacial score (nSPS) is 12.8. The molecule has 0 spiro atoms. The Bertz CT molecular complexity index is 584. The molecule has 0 fully saturated rings. The summed E-state index contributed by atoms with van der Waals surface area (Å²) < 4.78 is 0. The molecular weight excluding hydrogens is 240 g/mol. The zero-order valence-corrected chi connectivity index (χ0v) is 12.5. The van der Waals surface area contributed by atoms with Gasteiger partial charge >= 0.3 is 0 Å². The third kappa shape index (κ3) is 2.33. The Morgan fingerprint density at radius 3 is 2.17 bits per heavy atom. The van der Waals surface area contributed by atoms with Gasteiger partial charge in [-0.2, -0.15) is 0 Å². The van der Waals surface area contributed by atoms with Crippen LogP contribution in [0.2, 0.25) is 0 Å². The fourth-order valence-corrected chi connectivity index (χ4v) is 3.24. The fraction of sp³-hybridized carbons (Fsp3) is 0.400. The molecule has 1 aromatic carbocycles. The van der Waals surface area contributed by atoms with E-state index in [4.69, 9.17) is 5.73 Å². The van der Waals surface area contributed by atoms with Crippen LogP contribution >= 0.6 is 11.3 Å². The molecule has 18 heavy (non-hydrogen) atoms. The quantitative estimate of drug-likeness (QED) is 0.893. The van der Waals surface area contributed by atoms with Crippen molar-refractivity contribution in [3.8, 4) is 0 Å². The Morgan fingerprint density at radius 2 is 1.61 bits per heavy atom. The molecule has 0 aliphatic carbocycles. The molecule has 1 unspecified atom stereocenters. The molecule has 0 aliphatic rings. The lowest BCUT2D eigenvalue weighted by Crippen LogP contribution is -2.13. The van der Waals surface area contributed by atoms with Crippen LogP contribution in [0.1, 0.15) is 43.9 Å². The first-order valence-corrected chi connectivity index (χ1v) is 6.99. The Labute approximate surface area is 113 Å². The van der Waals surface area contributed by atoms with Crippen molar-refractivity contribution < 1.29 is 0 Å².